The molecule has 0 aliphatic carbocycles. The maximum absolute atomic E-state index is 14.7. The quantitative estimate of drug-likeness (QED) is 0.331. The maximum Gasteiger partial charge on any atom is 0.254 e. The number of carbonyl (C=O) groups is 2. The number of rotatable bonds is 7. The van der Waals surface area contributed by atoms with Gasteiger partial charge >= 0.3 is 0 Å². The monoisotopic (exact) mass is 588 g/mol. The molecule has 1 aliphatic rings. The maximum atomic E-state index is 14.7. The Kier molecular flexibility index (Phi) is 11.5. The summed E-state index contributed by atoms with van der Waals surface area (Å²) in [6.45, 7) is 5.20. The van der Waals surface area contributed by atoms with Gasteiger partial charge in [-0.25, -0.2) is 4.39 Å². The third kappa shape index (κ3) is 8.30. The minimum atomic E-state index is -0.835. The first-order valence-electron chi connectivity index (χ1n) is 14.6. The lowest BCUT2D eigenvalue weighted by Gasteiger charge is -2.38. The molecule has 0 fully saturated rings. The van der Waals surface area contributed by atoms with Gasteiger partial charge in [-0.05, 0) is 47.9 Å². The minimum absolute atomic E-state index is 0.149. The zero-order valence-electron chi connectivity index (χ0n) is 25.3. The van der Waals surface area contributed by atoms with Crippen molar-refractivity contribution in [3.63, 3.8) is 0 Å². The van der Waals surface area contributed by atoms with E-state index in [2.05, 4.69) is 0 Å². The lowest BCUT2D eigenvalue weighted by atomic mass is 9.99. The fourth-order valence-electron chi connectivity index (χ4n) is 5.42. The summed E-state index contributed by atoms with van der Waals surface area (Å²) in [5.74, 6) is -0.190. The molecule has 0 radical (unpaired) electrons. The van der Waals surface area contributed by atoms with Gasteiger partial charge < -0.3 is 24.0 Å². The van der Waals surface area contributed by atoms with Crippen LogP contribution in [0.3, 0.4) is 0 Å². The molecule has 0 N–H and O–H groups in total. The average Bonchev–Trinajstić information content (AvgIpc) is 3.01. The number of nitrogens with zero attached hydrogens (tertiary/aromatic N) is 2. The highest BCUT2D eigenvalue weighted by atomic mass is 19.1. The van der Waals surface area contributed by atoms with Crippen LogP contribution in [0.4, 0.5) is 4.39 Å². The smallest absolute Gasteiger partial charge is 0.254 e. The van der Waals surface area contributed by atoms with Crippen LogP contribution in [0.5, 0.6) is 5.75 Å². The Hall–Kier alpha value is -4.01. The SMILES string of the molecule is CO[C@H]1CN(CC(C)C)C(=O)[C@H](Cc2ccccc2)N(C(=O)c2ccc(F)cc2)C/C=C/COc2ccccc2[C@@H]1OC. The van der Waals surface area contributed by atoms with Crippen molar-refractivity contribution >= 4 is 11.8 Å². The van der Waals surface area contributed by atoms with Gasteiger partial charge in [-0.2, -0.15) is 0 Å². The van der Waals surface area contributed by atoms with Gasteiger partial charge in [-0.3, -0.25) is 9.59 Å². The molecule has 0 spiro atoms. The predicted octanol–water partition coefficient (Wildman–Crippen LogP) is 5.72. The van der Waals surface area contributed by atoms with E-state index in [1.807, 2.05) is 80.6 Å². The average molecular weight is 589 g/mol. The van der Waals surface area contributed by atoms with E-state index in [1.165, 1.54) is 24.3 Å². The first-order valence-corrected chi connectivity index (χ1v) is 14.6. The Labute approximate surface area is 253 Å². The standard InChI is InChI=1S/C35H41FN2O5/c1-25(2)23-37-24-32(41-3)33(42-4)29-14-8-9-15-31(29)43-21-11-10-20-38(34(39)27-16-18-28(36)19-17-27)30(35(37)40)22-26-12-6-5-7-13-26/h5-19,25,30,32-33H,20-24H2,1-4H3/b11-10+/t30-,32-,33-/m0/s1. The van der Waals surface area contributed by atoms with Crippen LogP contribution in [0.2, 0.25) is 0 Å². The van der Waals surface area contributed by atoms with E-state index in [-0.39, 0.29) is 37.4 Å². The number of para-hydroxylation sites is 1. The van der Waals surface area contributed by atoms with Gasteiger partial charge in [0.25, 0.3) is 5.91 Å². The highest BCUT2D eigenvalue weighted by molar-refractivity contribution is 5.97. The van der Waals surface area contributed by atoms with Crippen molar-refractivity contribution in [2.24, 2.45) is 5.92 Å². The summed E-state index contributed by atoms with van der Waals surface area (Å²) in [5.41, 5.74) is 2.05. The zero-order valence-corrected chi connectivity index (χ0v) is 25.3. The normalized spacial score (nSPS) is 20.7. The molecule has 4 rings (SSSR count). The lowest BCUT2D eigenvalue weighted by molar-refractivity contribution is -0.140. The van der Waals surface area contributed by atoms with E-state index in [0.717, 1.165) is 11.1 Å². The highest BCUT2D eigenvalue weighted by Crippen LogP contribution is 2.32. The van der Waals surface area contributed by atoms with Crippen molar-refractivity contribution in [1.29, 1.82) is 0 Å². The van der Waals surface area contributed by atoms with Crippen LogP contribution in [0.15, 0.2) is 91.0 Å². The Bertz CT molecular complexity index is 1360. The Morgan fingerprint density at radius 1 is 0.953 bits per heavy atom. The van der Waals surface area contributed by atoms with Crippen LogP contribution in [-0.2, 0) is 20.7 Å². The third-order valence-electron chi connectivity index (χ3n) is 7.51. The van der Waals surface area contributed by atoms with E-state index >= 15 is 0 Å². The van der Waals surface area contributed by atoms with Crippen LogP contribution in [0.25, 0.3) is 0 Å². The van der Waals surface area contributed by atoms with Gasteiger partial charge in [-0.1, -0.05) is 68.5 Å². The molecule has 1 aliphatic heterocycles. The van der Waals surface area contributed by atoms with Crippen LogP contribution >= 0.6 is 0 Å². The molecule has 3 aromatic carbocycles. The second kappa shape index (κ2) is 15.5. The lowest BCUT2D eigenvalue weighted by Crippen LogP contribution is -2.54. The van der Waals surface area contributed by atoms with E-state index in [0.29, 0.717) is 24.3 Å². The van der Waals surface area contributed by atoms with Crippen LogP contribution < -0.4 is 4.74 Å². The summed E-state index contributed by atoms with van der Waals surface area (Å²) in [6, 6.07) is 21.9. The number of hydrogen-bond donors (Lipinski definition) is 0. The van der Waals surface area contributed by atoms with Gasteiger partial charge in [0.1, 0.15) is 36.4 Å². The van der Waals surface area contributed by atoms with Crippen LogP contribution in [0, 0.1) is 11.7 Å². The topological polar surface area (TPSA) is 68.3 Å². The fourth-order valence-corrected chi connectivity index (χ4v) is 5.42. The highest BCUT2D eigenvalue weighted by Gasteiger charge is 2.36. The summed E-state index contributed by atoms with van der Waals surface area (Å²) >= 11 is 0. The first-order chi connectivity index (χ1) is 20.8. The van der Waals surface area contributed by atoms with E-state index in [1.54, 1.807) is 24.0 Å². The number of amides is 2. The van der Waals surface area contributed by atoms with Crippen molar-refractivity contribution in [2.75, 3.05) is 40.5 Å². The molecule has 3 atom stereocenters. The molecular formula is C35H41FN2O5. The summed E-state index contributed by atoms with van der Waals surface area (Å²) < 4.78 is 31.8. The molecule has 43 heavy (non-hydrogen) atoms. The first kappa shape index (κ1) is 31.9. The summed E-state index contributed by atoms with van der Waals surface area (Å²) in [5, 5.41) is 0. The van der Waals surface area contributed by atoms with E-state index in [4.69, 9.17) is 14.2 Å². The van der Waals surface area contributed by atoms with E-state index in [9.17, 15) is 14.0 Å². The molecule has 0 unspecified atom stereocenters. The fraction of sp³-hybridized carbons (Fsp3) is 0.371. The molecule has 228 valence electrons. The Morgan fingerprint density at radius 2 is 1.65 bits per heavy atom. The molecule has 8 heteroatoms. The second-order valence-electron chi connectivity index (χ2n) is 11.1. The molecule has 3 aromatic rings. The summed E-state index contributed by atoms with van der Waals surface area (Å²) in [4.78, 5) is 32.1. The van der Waals surface area contributed by atoms with Crippen molar-refractivity contribution < 1.29 is 28.2 Å². The second-order valence-corrected chi connectivity index (χ2v) is 11.1. The number of benzene rings is 3. The number of fused-ring (bicyclic) bond motifs is 1. The molecule has 0 aromatic heterocycles. The third-order valence-corrected chi connectivity index (χ3v) is 7.51. The van der Waals surface area contributed by atoms with Crippen LogP contribution in [0.1, 0.15) is 41.4 Å². The molecule has 2 amide bonds. The van der Waals surface area contributed by atoms with Gasteiger partial charge in [0.15, 0.2) is 0 Å². The number of carbonyl (C=O) groups excluding carboxylic acids is 2. The molecule has 0 saturated carbocycles. The Balaban J connectivity index is 1.83. The summed E-state index contributed by atoms with van der Waals surface area (Å²) in [7, 11) is 3.22. The van der Waals surface area contributed by atoms with Crippen molar-refractivity contribution in [1.82, 2.24) is 9.80 Å². The molecule has 7 nitrogen and oxygen atoms in total. The number of halogens is 1. The molecule has 0 saturated heterocycles. The Morgan fingerprint density at radius 3 is 2.33 bits per heavy atom. The van der Waals surface area contributed by atoms with Gasteiger partial charge in [0.05, 0.1) is 0 Å². The summed E-state index contributed by atoms with van der Waals surface area (Å²) in [6.07, 6.45) is 2.94. The number of ether oxygens (including phenoxy) is 3. The van der Waals surface area contributed by atoms with E-state index < -0.39 is 24.1 Å². The van der Waals surface area contributed by atoms with Crippen LogP contribution in [-0.4, -0.2) is 74.2 Å². The predicted molar refractivity (Wildman–Crippen MR) is 164 cm³/mol. The molecule has 0 bridgehead atoms. The molecule has 1 heterocycles. The zero-order chi connectivity index (χ0) is 30.8. The number of methoxy groups -OCH3 is 2. The van der Waals surface area contributed by atoms with Gasteiger partial charge in [0, 0.05) is 51.4 Å². The minimum Gasteiger partial charge on any atom is -0.489 e. The molecular weight excluding hydrogens is 547 g/mol. The van der Waals surface area contributed by atoms with Crippen molar-refractivity contribution in [3.05, 3.63) is 114 Å². The van der Waals surface area contributed by atoms with Crippen molar-refractivity contribution in [2.45, 2.75) is 38.5 Å². The number of hydrogen-bond acceptors (Lipinski definition) is 5. The largest absolute Gasteiger partial charge is 0.489 e. The van der Waals surface area contributed by atoms with Gasteiger partial charge in [-0.15, -0.1) is 0 Å². The van der Waals surface area contributed by atoms with Crippen molar-refractivity contribution in [3.8, 4) is 5.75 Å². The van der Waals surface area contributed by atoms with Gasteiger partial charge in [0.2, 0.25) is 5.91 Å².